The topological polar surface area (TPSA) is 124 Å². The number of piperazine rings is 2. The minimum atomic E-state index is -0.521. The van der Waals surface area contributed by atoms with Gasteiger partial charge in [-0.2, -0.15) is 6.92 Å². The van der Waals surface area contributed by atoms with E-state index in [1.54, 1.807) is 34.9 Å². The van der Waals surface area contributed by atoms with E-state index in [4.69, 9.17) is 9.47 Å². The number of carbonyl (C=O) groups excluding carboxylic acids is 2. The molecule has 0 saturated carbocycles. The van der Waals surface area contributed by atoms with Gasteiger partial charge in [0.2, 0.25) is 0 Å². The summed E-state index contributed by atoms with van der Waals surface area (Å²) in [5.74, 6) is 0. The molecule has 270 valence electrons. The molecule has 0 atom stereocenters. The Bertz CT molecular complexity index is 1550. The summed E-state index contributed by atoms with van der Waals surface area (Å²) in [5.41, 5.74) is 3.27. The number of anilines is 2. The molecule has 1 N–H and O–H groups in total. The van der Waals surface area contributed by atoms with Crippen molar-refractivity contribution in [3.8, 4) is 0 Å². The van der Waals surface area contributed by atoms with E-state index >= 15 is 0 Å². The maximum Gasteiger partial charge on any atom is 2.00 e. The number of rotatable bonds is 3. The normalized spacial score (nSPS) is 14.5. The second kappa shape index (κ2) is 19.8. The van der Waals surface area contributed by atoms with Crippen LogP contribution in [0.1, 0.15) is 54.2 Å². The van der Waals surface area contributed by atoms with E-state index in [1.807, 2.05) is 46.4 Å². The molecular formula is C36H51BrMgN6O6. The zero-order valence-corrected chi connectivity index (χ0v) is 33.8. The summed E-state index contributed by atoms with van der Waals surface area (Å²) in [6, 6.07) is 15.2. The van der Waals surface area contributed by atoms with Gasteiger partial charge in [0.1, 0.15) is 16.9 Å². The number of nitrogens with zero attached hydrogens (tertiary/aromatic N) is 5. The van der Waals surface area contributed by atoms with E-state index < -0.39 is 11.2 Å². The van der Waals surface area contributed by atoms with Crippen molar-refractivity contribution in [1.82, 2.24) is 14.8 Å². The molecule has 3 heterocycles. The van der Waals surface area contributed by atoms with Crippen LogP contribution in [0.25, 0.3) is 10.9 Å². The maximum atomic E-state index is 12.2. The van der Waals surface area contributed by atoms with Crippen LogP contribution >= 0.6 is 0 Å². The second-order valence-corrected chi connectivity index (χ2v) is 13.7. The number of para-hydroxylation sites is 3. The Balaban J connectivity index is 0.000000447. The fourth-order valence-electron chi connectivity index (χ4n) is 5.34. The predicted molar refractivity (Wildman–Crippen MR) is 196 cm³/mol. The van der Waals surface area contributed by atoms with Crippen LogP contribution < -0.4 is 26.8 Å². The summed E-state index contributed by atoms with van der Waals surface area (Å²) < 4.78 is 10.8. The van der Waals surface area contributed by atoms with Crippen molar-refractivity contribution in [1.29, 1.82) is 0 Å². The third kappa shape index (κ3) is 13.3. The van der Waals surface area contributed by atoms with Gasteiger partial charge in [0.25, 0.3) is 5.69 Å². The number of benzene rings is 2. The number of halogens is 1. The largest absolute Gasteiger partial charge is 2.00 e. The van der Waals surface area contributed by atoms with Crippen molar-refractivity contribution in [3.05, 3.63) is 77.0 Å². The molecule has 1 aromatic heterocycles. The van der Waals surface area contributed by atoms with E-state index in [9.17, 15) is 19.7 Å². The first-order chi connectivity index (χ1) is 22.5. The van der Waals surface area contributed by atoms with Gasteiger partial charge in [-0.3, -0.25) is 16.7 Å². The fraction of sp³-hybridized carbons (Fsp3) is 0.500. The molecule has 12 nitrogen and oxygen atoms in total. The molecule has 0 radical (unpaired) electrons. The van der Waals surface area contributed by atoms with Crippen LogP contribution in [0.3, 0.4) is 0 Å². The SMILES string of the molecule is C=[C-]C.CC(C)(C)OC(=O)N1CCN(c2ccccc2[N+](=O)[O-])CC1.Cc1cc2cccc(N3CCN(C(=O)OC(C)(C)C)CC3)c2[nH]1.[Br-].[Mg+2]. The number of nitro benzene ring substituents is 1. The molecule has 0 unspecified atom stereocenters. The number of amides is 2. The van der Waals surface area contributed by atoms with Crippen molar-refractivity contribution in [3.63, 3.8) is 0 Å². The second-order valence-electron chi connectivity index (χ2n) is 13.7. The summed E-state index contributed by atoms with van der Waals surface area (Å²) in [6.07, 6.45) is 1.95. The van der Waals surface area contributed by atoms with Crippen molar-refractivity contribution < 1.29 is 41.0 Å². The summed E-state index contributed by atoms with van der Waals surface area (Å²) in [7, 11) is 0. The number of H-pyrrole nitrogens is 1. The van der Waals surface area contributed by atoms with E-state index in [0.717, 1.165) is 13.1 Å². The van der Waals surface area contributed by atoms with Crippen LogP contribution in [0.5, 0.6) is 0 Å². The zero-order valence-electron chi connectivity index (χ0n) is 30.8. The quantitative estimate of drug-likeness (QED) is 0.185. The summed E-state index contributed by atoms with van der Waals surface area (Å²) in [4.78, 5) is 46.0. The molecule has 2 saturated heterocycles. The van der Waals surface area contributed by atoms with Crippen LogP contribution in [-0.4, -0.2) is 119 Å². The third-order valence-corrected chi connectivity index (χ3v) is 7.39. The molecule has 0 bridgehead atoms. The molecule has 0 aliphatic carbocycles. The number of aromatic nitrogens is 1. The van der Waals surface area contributed by atoms with Gasteiger partial charge in [-0.1, -0.05) is 24.3 Å². The smallest absolute Gasteiger partial charge is 1.00 e. The Kier molecular flexibility index (Phi) is 17.6. The maximum absolute atomic E-state index is 12.2. The number of carbonyl (C=O) groups is 2. The number of hydrogen-bond donors (Lipinski definition) is 1. The number of fused-ring (bicyclic) bond motifs is 1. The number of nitro groups is 1. The van der Waals surface area contributed by atoms with E-state index in [-0.39, 0.29) is 62.8 Å². The number of hydrogen-bond acceptors (Lipinski definition) is 8. The molecule has 50 heavy (non-hydrogen) atoms. The number of aromatic amines is 1. The van der Waals surface area contributed by atoms with E-state index in [0.29, 0.717) is 45.0 Å². The van der Waals surface area contributed by atoms with Gasteiger partial charge in [0.05, 0.1) is 16.1 Å². The van der Waals surface area contributed by atoms with Crippen LogP contribution in [0.2, 0.25) is 0 Å². The van der Waals surface area contributed by atoms with E-state index in [1.165, 1.54) is 28.4 Å². The first-order valence-electron chi connectivity index (χ1n) is 16.2. The van der Waals surface area contributed by atoms with Gasteiger partial charge in [-0.25, -0.2) is 9.59 Å². The molecule has 2 amide bonds. The summed E-state index contributed by atoms with van der Waals surface area (Å²) >= 11 is 0. The average molecular weight is 768 g/mol. The minimum absolute atomic E-state index is 0. The van der Waals surface area contributed by atoms with Crippen molar-refractivity contribution in [2.45, 2.75) is 66.6 Å². The molecule has 14 heteroatoms. The van der Waals surface area contributed by atoms with Gasteiger partial charge in [0, 0.05) is 69.5 Å². The van der Waals surface area contributed by atoms with Crippen LogP contribution in [0.4, 0.5) is 26.7 Å². The molecule has 5 rings (SSSR count). The fourth-order valence-corrected chi connectivity index (χ4v) is 5.34. The molecule has 2 aromatic carbocycles. The molecule has 0 spiro atoms. The van der Waals surface area contributed by atoms with Gasteiger partial charge < -0.3 is 57.1 Å². The van der Waals surface area contributed by atoms with Crippen LogP contribution in [-0.2, 0) is 9.47 Å². The third-order valence-electron chi connectivity index (χ3n) is 7.39. The van der Waals surface area contributed by atoms with Crippen LogP contribution in [0, 0.1) is 23.1 Å². The standard InChI is InChI=1S/C18H25N3O2.C15H21N3O4.C3H5.BrH.Mg/c1-13-12-14-6-5-7-15(16(14)19-13)20-8-10-21(11-9-20)17(22)23-18(2,3)4;1-15(2,3)22-14(19)17-10-8-16(9-11-17)12-6-4-5-7-13(12)18(20)21;1-3-2;;/h5-7,12,19H,8-11H2,1-4H3;4-7H,8-11H2,1-3H3;1H2,2H3;1H;/q;;-1;;+2/p-1. The molecule has 2 aliphatic rings. The van der Waals surface area contributed by atoms with Crippen molar-refractivity contribution in [2.75, 3.05) is 62.2 Å². The first-order valence-corrected chi connectivity index (χ1v) is 16.2. The predicted octanol–water partition coefficient (Wildman–Crippen LogP) is 3.80. The number of allylic oxidation sites excluding steroid dienone is 1. The zero-order chi connectivity index (χ0) is 35.6. The van der Waals surface area contributed by atoms with E-state index in [2.05, 4.69) is 53.7 Å². The monoisotopic (exact) mass is 766 g/mol. The van der Waals surface area contributed by atoms with Crippen molar-refractivity contribution in [2.24, 2.45) is 0 Å². The van der Waals surface area contributed by atoms with Crippen molar-refractivity contribution >= 4 is 63.2 Å². The Labute approximate surface area is 323 Å². The van der Waals surface area contributed by atoms with Crippen LogP contribution in [0.15, 0.2) is 55.1 Å². The molecule has 2 aliphatic heterocycles. The van der Waals surface area contributed by atoms with Gasteiger partial charge in [-0.15, -0.1) is 0 Å². The number of aryl methyl sites for hydroxylation is 1. The Morgan fingerprint density at radius 1 is 0.800 bits per heavy atom. The first kappa shape index (κ1) is 44.5. The van der Waals surface area contributed by atoms with Gasteiger partial charge in [0.15, 0.2) is 0 Å². The summed E-state index contributed by atoms with van der Waals surface area (Å²) in [5, 5.41) is 12.3. The molecule has 3 aromatic rings. The Morgan fingerprint density at radius 3 is 1.66 bits per heavy atom. The number of nitrogens with one attached hydrogen (secondary N) is 1. The number of ether oxygens (including phenoxy) is 2. The Morgan fingerprint density at radius 2 is 1.22 bits per heavy atom. The minimum Gasteiger partial charge on any atom is -1.00 e. The van der Waals surface area contributed by atoms with Gasteiger partial charge >= 0.3 is 35.2 Å². The van der Waals surface area contributed by atoms with Gasteiger partial charge in [-0.05, 0) is 66.7 Å². The molecule has 2 fully saturated rings. The average Bonchev–Trinajstić information content (AvgIpc) is 3.40. The summed E-state index contributed by atoms with van der Waals surface area (Å²) in [6.45, 7) is 23.3. The molecular weight excluding hydrogens is 717 g/mol. The Hall–Kier alpha value is -3.49.